The van der Waals surface area contributed by atoms with Crippen LogP contribution in [0.2, 0.25) is 0 Å². The molecule has 2 atom stereocenters. The molecule has 172 valence electrons. The third kappa shape index (κ3) is 18.5. The van der Waals surface area contributed by atoms with Crippen molar-refractivity contribution in [3.05, 3.63) is 0 Å². The van der Waals surface area contributed by atoms with Crippen molar-refractivity contribution in [1.29, 1.82) is 0 Å². The van der Waals surface area contributed by atoms with Gasteiger partial charge in [-0.15, -0.1) is 0 Å². The first-order valence-corrected chi connectivity index (χ1v) is 10.7. The minimum Gasteiger partial charge on any atom is -0.545 e. The van der Waals surface area contributed by atoms with Gasteiger partial charge in [0.05, 0.1) is 40.3 Å². The SMILES string of the molecule is CCCCCCCCCCC(=O)OCC(O)COC(OCC[N+](C)(C)C)C(=O)[O-]. The van der Waals surface area contributed by atoms with Crippen molar-refractivity contribution in [2.75, 3.05) is 47.5 Å². The maximum atomic E-state index is 11.7. The summed E-state index contributed by atoms with van der Waals surface area (Å²) in [5.41, 5.74) is 0. The van der Waals surface area contributed by atoms with Crippen molar-refractivity contribution in [3.8, 4) is 0 Å². The zero-order valence-electron chi connectivity index (χ0n) is 18.7. The largest absolute Gasteiger partial charge is 0.545 e. The van der Waals surface area contributed by atoms with E-state index in [1.807, 2.05) is 21.1 Å². The molecule has 0 aromatic rings. The Morgan fingerprint density at radius 2 is 1.52 bits per heavy atom. The second-order valence-electron chi connectivity index (χ2n) is 8.43. The van der Waals surface area contributed by atoms with E-state index >= 15 is 0 Å². The lowest BCUT2D eigenvalue weighted by Gasteiger charge is -2.26. The molecule has 0 heterocycles. The van der Waals surface area contributed by atoms with Crippen LogP contribution in [0.3, 0.4) is 0 Å². The van der Waals surface area contributed by atoms with Gasteiger partial charge < -0.3 is 33.7 Å². The summed E-state index contributed by atoms with van der Waals surface area (Å²) in [6.45, 7) is 2.39. The summed E-state index contributed by atoms with van der Waals surface area (Å²) in [5, 5.41) is 20.9. The Hall–Kier alpha value is -1.22. The number of ether oxygens (including phenoxy) is 3. The van der Waals surface area contributed by atoms with Gasteiger partial charge in [-0.1, -0.05) is 51.9 Å². The number of esters is 1. The van der Waals surface area contributed by atoms with Crippen LogP contribution in [0, 0.1) is 0 Å². The fourth-order valence-corrected chi connectivity index (χ4v) is 2.53. The number of likely N-dealkylation sites (N-methyl/N-ethyl adjacent to an activating group) is 1. The van der Waals surface area contributed by atoms with E-state index < -0.39 is 18.4 Å². The first-order chi connectivity index (χ1) is 13.7. The van der Waals surface area contributed by atoms with E-state index in [0.29, 0.717) is 17.4 Å². The number of aliphatic hydroxyl groups is 1. The van der Waals surface area contributed by atoms with Gasteiger partial charge in [0.15, 0.2) is 6.29 Å². The van der Waals surface area contributed by atoms with Crippen LogP contribution in [0.4, 0.5) is 0 Å². The van der Waals surface area contributed by atoms with Gasteiger partial charge in [-0.25, -0.2) is 0 Å². The molecular formula is C21H41NO7. The summed E-state index contributed by atoms with van der Waals surface area (Å²) in [4.78, 5) is 22.7. The van der Waals surface area contributed by atoms with Gasteiger partial charge in [0.1, 0.15) is 19.3 Å². The summed E-state index contributed by atoms with van der Waals surface area (Å²) in [6.07, 6.45) is 6.74. The highest BCUT2D eigenvalue weighted by Crippen LogP contribution is 2.10. The molecule has 0 rings (SSSR count). The Labute approximate surface area is 175 Å². The second-order valence-corrected chi connectivity index (χ2v) is 8.43. The third-order valence-corrected chi connectivity index (χ3v) is 4.33. The van der Waals surface area contributed by atoms with Gasteiger partial charge in [-0.2, -0.15) is 0 Å². The Kier molecular flexibility index (Phi) is 15.9. The van der Waals surface area contributed by atoms with E-state index in [-0.39, 0.29) is 25.8 Å². The number of nitrogens with zero attached hydrogens (tertiary/aromatic N) is 1. The van der Waals surface area contributed by atoms with E-state index in [1.165, 1.54) is 32.1 Å². The average Bonchev–Trinajstić information content (AvgIpc) is 2.63. The van der Waals surface area contributed by atoms with Crippen LogP contribution in [0.1, 0.15) is 64.7 Å². The van der Waals surface area contributed by atoms with E-state index in [9.17, 15) is 19.8 Å². The summed E-state index contributed by atoms with van der Waals surface area (Å²) in [7, 11) is 5.85. The molecule has 0 aliphatic carbocycles. The summed E-state index contributed by atoms with van der Waals surface area (Å²) in [5.74, 6) is -1.88. The number of carbonyl (C=O) groups excluding carboxylic acids is 2. The molecule has 29 heavy (non-hydrogen) atoms. The molecule has 1 N–H and O–H groups in total. The molecule has 0 aliphatic rings. The number of aliphatic hydroxyl groups excluding tert-OH is 1. The number of rotatable bonds is 19. The zero-order valence-corrected chi connectivity index (χ0v) is 18.7. The number of quaternary nitrogens is 1. The molecule has 0 aliphatic heterocycles. The highest BCUT2D eigenvalue weighted by Gasteiger charge is 2.17. The number of hydrogen-bond acceptors (Lipinski definition) is 7. The predicted octanol–water partition coefficient (Wildman–Crippen LogP) is 1.24. The maximum absolute atomic E-state index is 11.7. The molecule has 0 fully saturated rings. The number of carboxylic acid groups (broad SMARTS) is 1. The summed E-state index contributed by atoms with van der Waals surface area (Å²) in [6, 6.07) is 0. The van der Waals surface area contributed by atoms with Gasteiger partial charge >= 0.3 is 5.97 Å². The monoisotopic (exact) mass is 419 g/mol. The minimum absolute atomic E-state index is 0.172. The maximum Gasteiger partial charge on any atom is 0.305 e. The molecular weight excluding hydrogens is 378 g/mol. The van der Waals surface area contributed by atoms with Crippen molar-refractivity contribution in [1.82, 2.24) is 0 Å². The highest BCUT2D eigenvalue weighted by atomic mass is 16.7. The lowest BCUT2D eigenvalue weighted by Crippen LogP contribution is -2.44. The number of carbonyl (C=O) groups is 2. The molecule has 0 amide bonds. The second kappa shape index (κ2) is 16.6. The Bertz CT molecular complexity index is 437. The van der Waals surface area contributed by atoms with Crippen LogP contribution >= 0.6 is 0 Å². The Morgan fingerprint density at radius 1 is 0.931 bits per heavy atom. The summed E-state index contributed by atoms with van der Waals surface area (Å²) >= 11 is 0. The van der Waals surface area contributed by atoms with Crippen LogP contribution < -0.4 is 5.11 Å². The van der Waals surface area contributed by atoms with Crippen LogP contribution in [-0.2, 0) is 23.8 Å². The molecule has 0 radical (unpaired) electrons. The first kappa shape index (κ1) is 27.8. The summed E-state index contributed by atoms with van der Waals surface area (Å²) < 4.78 is 15.8. The molecule has 2 unspecified atom stereocenters. The van der Waals surface area contributed by atoms with E-state index in [4.69, 9.17) is 14.2 Å². The van der Waals surface area contributed by atoms with E-state index in [2.05, 4.69) is 6.92 Å². The molecule has 0 saturated heterocycles. The third-order valence-electron chi connectivity index (χ3n) is 4.33. The van der Waals surface area contributed by atoms with Crippen molar-refractivity contribution in [2.24, 2.45) is 0 Å². The smallest absolute Gasteiger partial charge is 0.305 e. The number of aliphatic carboxylic acids is 1. The zero-order chi connectivity index (χ0) is 22.1. The van der Waals surface area contributed by atoms with E-state index in [1.54, 1.807) is 0 Å². The molecule has 0 aromatic heterocycles. The topological polar surface area (TPSA) is 105 Å². The Balaban J connectivity index is 3.82. The number of unbranched alkanes of at least 4 members (excludes halogenated alkanes) is 7. The highest BCUT2D eigenvalue weighted by molar-refractivity contribution is 5.69. The van der Waals surface area contributed by atoms with Crippen LogP contribution in [0.5, 0.6) is 0 Å². The number of hydrogen-bond donors (Lipinski definition) is 1. The molecule has 0 spiro atoms. The fourth-order valence-electron chi connectivity index (χ4n) is 2.53. The number of carboxylic acids is 1. The van der Waals surface area contributed by atoms with Crippen LogP contribution in [0.25, 0.3) is 0 Å². The van der Waals surface area contributed by atoms with Gasteiger partial charge in [-0.3, -0.25) is 4.79 Å². The van der Waals surface area contributed by atoms with Gasteiger partial charge in [0.2, 0.25) is 0 Å². The standard InChI is InChI=1S/C21H41NO7/c1-5-6-7-8-9-10-11-12-13-19(24)28-16-18(23)17-29-21(20(25)26)27-15-14-22(2,3)4/h18,21,23H,5-17H2,1-4H3. The van der Waals surface area contributed by atoms with Crippen LogP contribution in [0.15, 0.2) is 0 Å². The Morgan fingerprint density at radius 3 is 2.07 bits per heavy atom. The normalized spacial score (nSPS) is 13.8. The lowest BCUT2D eigenvalue weighted by atomic mass is 10.1. The van der Waals surface area contributed by atoms with Crippen molar-refractivity contribution in [3.63, 3.8) is 0 Å². The molecule has 0 bridgehead atoms. The van der Waals surface area contributed by atoms with Crippen LogP contribution in [-0.4, -0.2) is 81.4 Å². The predicted molar refractivity (Wildman–Crippen MR) is 108 cm³/mol. The average molecular weight is 420 g/mol. The van der Waals surface area contributed by atoms with Crippen molar-refractivity contribution < 1.29 is 38.5 Å². The van der Waals surface area contributed by atoms with Gasteiger partial charge in [0.25, 0.3) is 0 Å². The molecule has 0 aromatic carbocycles. The van der Waals surface area contributed by atoms with Gasteiger partial charge in [0, 0.05) is 6.42 Å². The lowest BCUT2D eigenvalue weighted by molar-refractivity contribution is -0.870. The minimum atomic E-state index is -1.57. The van der Waals surface area contributed by atoms with Crippen molar-refractivity contribution >= 4 is 11.9 Å². The van der Waals surface area contributed by atoms with Gasteiger partial charge in [-0.05, 0) is 6.42 Å². The first-order valence-electron chi connectivity index (χ1n) is 10.7. The molecule has 0 saturated carbocycles. The molecule has 8 nitrogen and oxygen atoms in total. The van der Waals surface area contributed by atoms with E-state index in [0.717, 1.165) is 19.3 Å². The van der Waals surface area contributed by atoms with Crippen molar-refractivity contribution in [2.45, 2.75) is 77.1 Å². The molecule has 8 heteroatoms. The fraction of sp³-hybridized carbons (Fsp3) is 0.905. The quantitative estimate of drug-likeness (QED) is 0.145.